The molecule has 2 rings (SSSR count). The molecule has 2 aromatic rings. The molecular weight excluding hydrogens is 254 g/mol. The first-order valence-corrected chi connectivity index (χ1v) is 5.33. The first-order chi connectivity index (χ1) is 9.02. The number of benzene rings is 1. The van der Waals surface area contributed by atoms with Crippen molar-refractivity contribution in [2.45, 2.75) is 0 Å². The van der Waals surface area contributed by atoms with Crippen LogP contribution in [0.4, 0.5) is 14.5 Å². The smallest absolute Gasteiger partial charge is 0.358 e. The van der Waals surface area contributed by atoms with Crippen LogP contribution < -0.4 is 5.73 Å². The number of hydrogen-bond acceptors (Lipinski definition) is 4. The second-order valence-corrected chi connectivity index (χ2v) is 3.76. The van der Waals surface area contributed by atoms with Crippen LogP contribution in [-0.4, -0.2) is 18.1 Å². The lowest BCUT2D eigenvalue weighted by Gasteiger charge is -2.08. The predicted octanol–water partition coefficient (Wildman–Crippen LogP) is 2.40. The molecule has 0 fully saturated rings. The zero-order valence-electron chi connectivity index (χ0n) is 9.98. The highest BCUT2D eigenvalue weighted by Gasteiger charge is 2.17. The van der Waals surface area contributed by atoms with Crippen LogP contribution in [0.2, 0.25) is 0 Å². The molecule has 0 saturated carbocycles. The van der Waals surface area contributed by atoms with Crippen molar-refractivity contribution in [3.8, 4) is 11.3 Å². The minimum Gasteiger partial charge on any atom is -0.464 e. The van der Waals surface area contributed by atoms with Crippen molar-refractivity contribution in [3.05, 3.63) is 47.7 Å². The summed E-state index contributed by atoms with van der Waals surface area (Å²) in [6, 6.07) is 6.04. The summed E-state index contributed by atoms with van der Waals surface area (Å²) in [7, 11) is 1.17. The van der Waals surface area contributed by atoms with Crippen molar-refractivity contribution in [1.82, 2.24) is 4.98 Å². The summed E-state index contributed by atoms with van der Waals surface area (Å²) in [5.74, 6) is -1.91. The second-order valence-electron chi connectivity index (χ2n) is 3.76. The number of pyridine rings is 1. The predicted molar refractivity (Wildman–Crippen MR) is 65.3 cm³/mol. The highest BCUT2D eigenvalue weighted by Crippen LogP contribution is 2.24. The van der Waals surface area contributed by atoms with Gasteiger partial charge < -0.3 is 10.5 Å². The monoisotopic (exact) mass is 264 g/mol. The van der Waals surface area contributed by atoms with Gasteiger partial charge in [-0.2, -0.15) is 0 Å². The average molecular weight is 264 g/mol. The van der Waals surface area contributed by atoms with Gasteiger partial charge in [0.25, 0.3) is 0 Å². The summed E-state index contributed by atoms with van der Waals surface area (Å²) in [5.41, 5.74) is 5.46. The second kappa shape index (κ2) is 5.01. The Labute approximate surface area is 107 Å². The molecule has 0 bridgehead atoms. The van der Waals surface area contributed by atoms with Crippen LogP contribution >= 0.6 is 0 Å². The van der Waals surface area contributed by atoms with Crippen LogP contribution in [0.3, 0.4) is 0 Å². The van der Waals surface area contributed by atoms with Gasteiger partial charge in [0.15, 0.2) is 11.5 Å². The summed E-state index contributed by atoms with van der Waals surface area (Å²) >= 11 is 0. The fraction of sp³-hybridized carbons (Fsp3) is 0.0769. The van der Waals surface area contributed by atoms with E-state index in [2.05, 4.69) is 9.72 Å². The molecule has 1 heterocycles. The molecule has 1 aromatic carbocycles. The normalized spacial score (nSPS) is 10.3. The summed E-state index contributed by atoms with van der Waals surface area (Å²) in [6.07, 6.45) is 0. The van der Waals surface area contributed by atoms with E-state index in [1.165, 1.54) is 31.4 Å². The van der Waals surface area contributed by atoms with Crippen molar-refractivity contribution >= 4 is 11.7 Å². The Bertz CT molecular complexity index is 627. The molecule has 0 aliphatic heterocycles. The number of aromatic nitrogens is 1. The Morgan fingerprint density at radius 3 is 2.47 bits per heavy atom. The largest absolute Gasteiger partial charge is 0.464 e. The van der Waals surface area contributed by atoms with Gasteiger partial charge in [0.05, 0.1) is 12.8 Å². The lowest BCUT2D eigenvalue weighted by atomic mass is 10.1. The quantitative estimate of drug-likeness (QED) is 0.846. The first kappa shape index (κ1) is 12.9. The zero-order valence-corrected chi connectivity index (χ0v) is 9.98. The molecule has 0 atom stereocenters. The maximum absolute atomic E-state index is 13.8. The lowest BCUT2D eigenvalue weighted by Crippen LogP contribution is -2.10. The van der Waals surface area contributed by atoms with E-state index in [4.69, 9.17) is 5.73 Å². The fourth-order valence-electron chi connectivity index (χ4n) is 1.57. The number of anilines is 1. The molecular formula is C13H10F2N2O2. The number of rotatable bonds is 2. The van der Waals surface area contributed by atoms with E-state index in [0.29, 0.717) is 5.56 Å². The van der Waals surface area contributed by atoms with Crippen molar-refractivity contribution in [2.75, 3.05) is 12.8 Å². The maximum Gasteiger partial charge on any atom is 0.358 e. The molecule has 0 radical (unpaired) electrons. The number of nitrogen functional groups attached to an aromatic ring is 1. The van der Waals surface area contributed by atoms with E-state index in [0.717, 1.165) is 6.07 Å². The Balaban J connectivity index is 2.57. The number of ether oxygens (including phenoxy) is 1. The van der Waals surface area contributed by atoms with Crippen LogP contribution in [0.1, 0.15) is 10.5 Å². The van der Waals surface area contributed by atoms with E-state index in [1.807, 2.05) is 0 Å². The van der Waals surface area contributed by atoms with Gasteiger partial charge in [-0.05, 0) is 24.3 Å². The van der Waals surface area contributed by atoms with Gasteiger partial charge in [0.2, 0.25) is 0 Å². The number of nitrogens with two attached hydrogens (primary N) is 1. The Kier molecular flexibility index (Phi) is 3.41. The molecule has 0 amide bonds. The topological polar surface area (TPSA) is 65.2 Å². The minimum atomic E-state index is -0.763. The van der Waals surface area contributed by atoms with Crippen LogP contribution in [0.25, 0.3) is 11.3 Å². The molecule has 19 heavy (non-hydrogen) atoms. The number of methoxy groups -OCH3 is 1. The summed E-state index contributed by atoms with van der Waals surface area (Å²) in [6.45, 7) is 0. The van der Waals surface area contributed by atoms with Crippen LogP contribution in [0, 0.1) is 11.6 Å². The third-order valence-corrected chi connectivity index (χ3v) is 2.50. The molecule has 0 saturated heterocycles. The molecule has 6 heteroatoms. The van der Waals surface area contributed by atoms with Gasteiger partial charge in [-0.1, -0.05) is 0 Å². The molecule has 98 valence electrons. The summed E-state index contributed by atoms with van der Waals surface area (Å²) in [5, 5.41) is 0. The van der Waals surface area contributed by atoms with Gasteiger partial charge in [0, 0.05) is 11.6 Å². The van der Waals surface area contributed by atoms with Crippen molar-refractivity contribution in [1.29, 1.82) is 0 Å². The first-order valence-electron chi connectivity index (χ1n) is 5.33. The number of halogens is 2. The van der Waals surface area contributed by atoms with Crippen molar-refractivity contribution < 1.29 is 18.3 Å². The SMILES string of the molecule is COC(=O)c1nc(-c2ccc(F)cc2)c(F)cc1N. The average Bonchev–Trinajstić information content (AvgIpc) is 2.39. The lowest BCUT2D eigenvalue weighted by molar-refractivity contribution is 0.0595. The minimum absolute atomic E-state index is 0.0883. The van der Waals surface area contributed by atoms with Gasteiger partial charge in [-0.25, -0.2) is 18.6 Å². The van der Waals surface area contributed by atoms with Crippen LogP contribution in [0.5, 0.6) is 0 Å². The number of carbonyl (C=O) groups is 1. The number of hydrogen-bond donors (Lipinski definition) is 1. The van der Waals surface area contributed by atoms with E-state index in [1.54, 1.807) is 0 Å². The van der Waals surface area contributed by atoms with Gasteiger partial charge in [0.1, 0.15) is 11.5 Å². The number of nitrogens with zero attached hydrogens (tertiary/aromatic N) is 1. The Hall–Kier alpha value is -2.50. The van der Waals surface area contributed by atoms with E-state index in [-0.39, 0.29) is 17.1 Å². The molecule has 0 aliphatic rings. The van der Waals surface area contributed by atoms with E-state index in [9.17, 15) is 13.6 Å². The third kappa shape index (κ3) is 2.52. The molecule has 0 spiro atoms. The number of carbonyl (C=O) groups excluding carboxylic acids is 1. The Morgan fingerprint density at radius 1 is 1.26 bits per heavy atom. The molecule has 4 nitrogen and oxygen atoms in total. The maximum atomic E-state index is 13.8. The van der Waals surface area contributed by atoms with Gasteiger partial charge >= 0.3 is 5.97 Å². The Morgan fingerprint density at radius 2 is 1.89 bits per heavy atom. The fourth-order valence-corrected chi connectivity index (χ4v) is 1.57. The highest BCUT2D eigenvalue weighted by atomic mass is 19.1. The van der Waals surface area contributed by atoms with Crippen molar-refractivity contribution in [2.24, 2.45) is 0 Å². The zero-order chi connectivity index (χ0) is 14.0. The molecule has 1 aromatic heterocycles. The van der Waals surface area contributed by atoms with Crippen molar-refractivity contribution in [3.63, 3.8) is 0 Å². The standard InChI is InChI=1S/C13H10F2N2O2/c1-19-13(18)12-10(16)6-9(15)11(17-12)7-2-4-8(14)5-3-7/h2-6H,16H2,1H3. The number of esters is 1. The van der Waals surface area contributed by atoms with Gasteiger partial charge in [-0.3, -0.25) is 0 Å². The van der Waals surface area contributed by atoms with E-state index >= 15 is 0 Å². The summed E-state index contributed by atoms with van der Waals surface area (Å²) < 4.78 is 31.1. The van der Waals surface area contributed by atoms with E-state index < -0.39 is 17.6 Å². The highest BCUT2D eigenvalue weighted by molar-refractivity contribution is 5.93. The molecule has 0 aliphatic carbocycles. The molecule has 2 N–H and O–H groups in total. The molecule has 0 unspecified atom stereocenters. The summed E-state index contributed by atoms with van der Waals surface area (Å²) in [4.78, 5) is 15.3. The van der Waals surface area contributed by atoms with Crippen LogP contribution in [0.15, 0.2) is 30.3 Å². The van der Waals surface area contributed by atoms with Gasteiger partial charge in [-0.15, -0.1) is 0 Å². The van der Waals surface area contributed by atoms with Crippen LogP contribution in [-0.2, 0) is 4.74 Å². The third-order valence-electron chi connectivity index (χ3n) is 2.50.